The quantitative estimate of drug-likeness (QED) is 0.870. The summed E-state index contributed by atoms with van der Waals surface area (Å²) >= 11 is 0. The van der Waals surface area contributed by atoms with E-state index >= 15 is 0 Å². The number of benzene rings is 1. The lowest BCUT2D eigenvalue weighted by Gasteiger charge is -2.13. The van der Waals surface area contributed by atoms with E-state index in [1.165, 1.54) is 0 Å². The molecule has 2 N–H and O–H groups in total. The molecule has 1 rings (SSSR count). The first-order chi connectivity index (χ1) is 8.74. The molecular formula is C14H23NO3S. The van der Waals surface area contributed by atoms with Crippen LogP contribution >= 0.6 is 0 Å². The summed E-state index contributed by atoms with van der Waals surface area (Å²) in [6.07, 6.45) is 0. The molecule has 0 heterocycles. The Morgan fingerprint density at radius 2 is 1.89 bits per heavy atom. The van der Waals surface area contributed by atoms with Crippen LogP contribution in [0.15, 0.2) is 18.2 Å². The number of aryl methyl sites for hydroxylation is 1. The lowest BCUT2D eigenvalue weighted by molar-refractivity contribution is 0.338. The van der Waals surface area contributed by atoms with Crippen molar-refractivity contribution in [1.29, 1.82) is 0 Å². The summed E-state index contributed by atoms with van der Waals surface area (Å²) in [7, 11) is -3.05. The van der Waals surface area contributed by atoms with Crippen LogP contribution in [0.25, 0.3) is 0 Å². The Hall–Kier alpha value is -1.07. The van der Waals surface area contributed by atoms with Crippen molar-refractivity contribution in [3.63, 3.8) is 0 Å². The molecule has 0 radical (unpaired) electrons. The Morgan fingerprint density at radius 3 is 2.37 bits per heavy atom. The van der Waals surface area contributed by atoms with E-state index in [2.05, 4.69) is 0 Å². The third-order valence-electron chi connectivity index (χ3n) is 3.07. The lowest BCUT2D eigenvalue weighted by Crippen LogP contribution is -2.22. The summed E-state index contributed by atoms with van der Waals surface area (Å²) in [6, 6.07) is 5.70. The van der Waals surface area contributed by atoms with Crippen LogP contribution in [0.5, 0.6) is 5.75 Å². The van der Waals surface area contributed by atoms with E-state index in [0.29, 0.717) is 5.75 Å². The van der Waals surface area contributed by atoms with Crippen LogP contribution in [0.3, 0.4) is 0 Å². The van der Waals surface area contributed by atoms with Gasteiger partial charge in [-0.3, -0.25) is 0 Å². The molecule has 0 aromatic heterocycles. The highest BCUT2D eigenvalue weighted by atomic mass is 32.2. The van der Waals surface area contributed by atoms with E-state index in [4.69, 9.17) is 10.5 Å². The molecule has 1 aromatic carbocycles. The first kappa shape index (κ1) is 16.0. The van der Waals surface area contributed by atoms with Gasteiger partial charge in [0, 0.05) is 6.04 Å². The van der Waals surface area contributed by atoms with E-state index in [1.54, 1.807) is 13.8 Å². The molecule has 1 unspecified atom stereocenters. The molecule has 0 aliphatic heterocycles. The van der Waals surface area contributed by atoms with Crippen molar-refractivity contribution in [3.05, 3.63) is 29.3 Å². The molecule has 0 saturated carbocycles. The summed E-state index contributed by atoms with van der Waals surface area (Å²) in [5.41, 5.74) is 7.81. The molecule has 19 heavy (non-hydrogen) atoms. The van der Waals surface area contributed by atoms with Gasteiger partial charge in [-0.2, -0.15) is 0 Å². The van der Waals surface area contributed by atoms with Gasteiger partial charge in [0.25, 0.3) is 0 Å². The number of rotatable bonds is 6. The molecule has 0 spiro atoms. The van der Waals surface area contributed by atoms with Crippen molar-refractivity contribution in [1.82, 2.24) is 0 Å². The van der Waals surface area contributed by atoms with Crippen molar-refractivity contribution in [3.8, 4) is 5.75 Å². The Kier molecular flexibility index (Phi) is 5.38. The minimum atomic E-state index is -3.05. The lowest BCUT2D eigenvalue weighted by atomic mass is 10.1. The third-order valence-corrected chi connectivity index (χ3v) is 5.24. The van der Waals surface area contributed by atoms with Crippen molar-refractivity contribution >= 4 is 9.84 Å². The van der Waals surface area contributed by atoms with Gasteiger partial charge in [0.2, 0.25) is 0 Å². The minimum Gasteiger partial charge on any atom is -0.492 e. The predicted molar refractivity (Wildman–Crippen MR) is 78.2 cm³/mol. The maximum Gasteiger partial charge on any atom is 0.155 e. The molecule has 4 nitrogen and oxygen atoms in total. The standard InChI is InChI=1S/C14H23NO3S/c1-10(2)19(16,17)8-7-18-14-6-5-13(12(4)15)9-11(14)3/h5-6,9-10,12H,7-8,15H2,1-4H3. The zero-order chi connectivity index (χ0) is 14.6. The molecule has 0 aliphatic rings. The van der Waals surface area contributed by atoms with Gasteiger partial charge in [0.15, 0.2) is 9.84 Å². The van der Waals surface area contributed by atoms with Crippen LogP contribution in [-0.2, 0) is 9.84 Å². The van der Waals surface area contributed by atoms with Gasteiger partial charge in [0.1, 0.15) is 12.4 Å². The molecule has 1 aromatic rings. The first-order valence-electron chi connectivity index (χ1n) is 6.44. The van der Waals surface area contributed by atoms with E-state index < -0.39 is 9.84 Å². The highest BCUT2D eigenvalue weighted by Crippen LogP contribution is 2.21. The normalized spacial score (nSPS) is 13.6. The number of ether oxygens (including phenoxy) is 1. The fourth-order valence-electron chi connectivity index (χ4n) is 1.62. The molecule has 0 bridgehead atoms. The highest BCUT2D eigenvalue weighted by Gasteiger charge is 2.16. The maximum atomic E-state index is 11.7. The average Bonchev–Trinajstić information content (AvgIpc) is 2.30. The molecule has 0 aliphatic carbocycles. The molecule has 0 saturated heterocycles. The number of hydrogen-bond acceptors (Lipinski definition) is 4. The van der Waals surface area contributed by atoms with Gasteiger partial charge in [-0.1, -0.05) is 12.1 Å². The van der Waals surface area contributed by atoms with Gasteiger partial charge in [0.05, 0.1) is 11.0 Å². The van der Waals surface area contributed by atoms with Crippen molar-refractivity contribution in [2.45, 2.75) is 39.0 Å². The second kappa shape index (κ2) is 6.39. The van der Waals surface area contributed by atoms with Crippen LogP contribution in [0.2, 0.25) is 0 Å². The number of sulfone groups is 1. The van der Waals surface area contributed by atoms with Gasteiger partial charge in [-0.05, 0) is 44.9 Å². The van der Waals surface area contributed by atoms with E-state index in [1.807, 2.05) is 32.0 Å². The monoisotopic (exact) mass is 285 g/mol. The summed E-state index contributed by atoms with van der Waals surface area (Å²) in [4.78, 5) is 0. The smallest absolute Gasteiger partial charge is 0.155 e. The molecule has 1 atom stereocenters. The summed E-state index contributed by atoms with van der Waals surface area (Å²) < 4.78 is 28.8. The minimum absolute atomic E-state index is 0.0194. The fourth-order valence-corrected chi connectivity index (χ4v) is 2.41. The second-order valence-corrected chi connectivity index (χ2v) is 7.75. The number of hydrogen-bond donors (Lipinski definition) is 1. The zero-order valence-electron chi connectivity index (χ0n) is 12.0. The molecule has 0 fully saturated rings. The van der Waals surface area contributed by atoms with Crippen LogP contribution in [0, 0.1) is 6.92 Å². The van der Waals surface area contributed by atoms with E-state index in [9.17, 15) is 8.42 Å². The molecule has 108 valence electrons. The summed E-state index contributed by atoms with van der Waals surface area (Å²) in [5, 5.41) is -0.363. The highest BCUT2D eigenvalue weighted by molar-refractivity contribution is 7.91. The van der Waals surface area contributed by atoms with Crippen LogP contribution in [0.4, 0.5) is 0 Å². The Morgan fingerprint density at radius 1 is 1.26 bits per heavy atom. The Balaban J connectivity index is 2.65. The predicted octanol–water partition coefficient (Wildman–Crippen LogP) is 2.22. The Labute approximate surface area is 115 Å². The van der Waals surface area contributed by atoms with Crippen LogP contribution in [-0.4, -0.2) is 26.0 Å². The largest absolute Gasteiger partial charge is 0.492 e. The topological polar surface area (TPSA) is 69.4 Å². The van der Waals surface area contributed by atoms with Crippen LogP contribution in [0.1, 0.15) is 37.9 Å². The fraction of sp³-hybridized carbons (Fsp3) is 0.571. The second-order valence-electron chi connectivity index (χ2n) is 5.08. The van der Waals surface area contributed by atoms with Gasteiger partial charge in [-0.25, -0.2) is 8.42 Å². The zero-order valence-corrected chi connectivity index (χ0v) is 12.8. The van der Waals surface area contributed by atoms with E-state index in [-0.39, 0.29) is 23.7 Å². The number of nitrogens with two attached hydrogens (primary N) is 1. The average molecular weight is 285 g/mol. The van der Waals surface area contributed by atoms with Crippen molar-refractivity contribution in [2.75, 3.05) is 12.4 Å². The van der Waals surface area contributed by atoms with Crippen LogP contribution < -0.4 is 10.5 Å². The van der Waals surface area contributed by atoms with Crippen molar-refractivity contribution in [2.24, 2.45) is 5.73 Å². The van der Waals surface area contributed by atoms with Gasteiger partial charge >= 0.3 is 0 Å². The van der Waals surface area contributed by atoms with Gasteiger partial charge < -0.3 is 10.5 Å². The molecule has 0 amide bonds. The first-order valence-corrected chi connectivity index (χ1v) is 8.16. The maximum absolute atomic E-state index is 11.7. The van der Waals surface area contributed by atoms with Gasteiger partial charge in [-0.15, -0.1) is 0 Å². The van der Waals surface area contributed by atoms with Crippen molar-refractivity contribution < 1.29 is 13.2 Å². The van der Waals surface area contributed by atoms with E-state index in [0.717, 1.165) is 11.1 Å². The Bertz CT molecular complexity index is 521. The molecular weight excluding hydrogens is 262 g/mol. The summed E-state index contributed by atoms with van der Waals surface area (Å²) in [5.74, 6) is 0.752. The molecule has 5 heteroatoms. The summed E-state index contributed by atoms with van der Waals surface area (Å²) in [6.45, 7) is 7.39. The SMILES string of the molecule is Cc1cc(C(C)N)ccc1OCCS(=O)(=O)C(C)C. The third kappa shape index (κ3) is 4.51.